The van der Waals surface area contributed by atoms with E-state index in [1.54, 1.807) is 0 Å². The summed E-state index contributed by atoms with van der Waals surface area (Å²) in [5, 5.41) is 4.24. The molecule has 0 bridgehead atoms. The molecule has 4 heteroatoms. The van der Waals surface area contributed by atoms with Gasteiger partial charge in [0, 0.05) is 13.6 Å². The SMILES string of the molecule is CCc1c(Br)c(CN)nn1C. The van der Waals surface area contributed by atoms with Crippen LogP contribution in [0.3, 0.4) is 0 Å². The van der Waals surface area contributed by atoms with Crippen LogP contribution in [0.1, 0.15) is 18.3 Å². The number of hydrogen-bond acceptors (Lipinski definition) is 2. The summed E-state index contributed by atoms with van der Waals surface area (Å²) in [6.07, 6.45) is 0.976. The van der Waals surface area contributed by atoms with Crippen LogP contribution >= 0.6 is 15.9 Å². The lowest BCUT2D eigenvalue weighted by Crippen LogP contribution is -1.99. The van der Waals surface area contributed by atoms with Gasteiger partial charge in [0.2, 0.25) is 0 Å². The predicted octanol–water partition coefficient (Wildman–Crippen LogP) is 1.20. The number of aromatic nitrogens is 2. The average molecular weight is 218 g/mol. The predicted molar refractivity (Wildman–Crippen MR) is 48.2 cm³/mol. The Morgan fingerprint density at radius 3 is 2.55 bits per heavy atom. The Kier molecular flexibility index (Phi) is 2.67. The van der Waals surface area contributed by atoms with Crippen LogP contribution in [-0.4, -0.2) is 9.78 Å². The van der Waals surface area contributed by atoms with Crippen LogP contribution < -0.4 is 5.73 Å². The molecule has 0 aliphatic heterocycles. The average Bonchev–Trinajstić information content (AvgIpc) is 2.26. The lowest BCUT2D eigenvalue weighted by Gasteiger charge is -1.95. The summed E-state index contributed by atoms with van der Waals surface area (Å²) < 4.78 is 2.93. The molecule has 0 aliphatic carbocycles. The zero-order valence-corrected chi connectivity index (χ0v) is 8.35. The monoisotopic (exact) mass is 217 g/mol. The highest BCUT2D eigenvalue weighted by Gasteiger charge is 2.09. The van der Waals surface area contributed by atoms with E-state index in [4.69, 9.17) is 5.73 Å². The van der Waals surface area contributed by atoms with Crippen molar-refractivity contribution >= 4 is 15.9 Å². The molecular formula is C7H12BrN3. The van der Waals surface area contributed by atoms with Gasteiger partial charge in [-0.15, -0.1) is 0 Å². The Morgan fingerprint density at radius 1 is 1.64 bits per heavy atom. The minimum Gasteiger partial charge on any atom is -0.325 e. The van der Waals surface area contributed by atoms with Gasteiger partial charge in [0.15, 0.2) is 0 Å². The molecule has 3 nitrogen and oxygen atoms in total. The number of hydrogen-bond donors (Lipinski definition) is 1. The number of halogens is 1. The van der Waals surface area contributed by atoms with E-state index in [1.165, 1.54) is 5.69 Å². The molecule has 0 atom stereocenters. The number of nitrogens with zero attached hydrogens (tertiary/aromatic N) is 2. The summed E-state index contributed by atoms with van der Waals surface area (Å²) in [5.74, 6) is 0. The smallest absolute Gasteiger partial charge is 0.0905 e. The van der Waals surface area contributed by atoms with Crippen molar-refractivity contribution < 1.29 is 0 Å². The Balaban J connectivity index is 3.14. The normalized spacial score (nSPS) is 10.5. The van der Waals surface area contributed by atoms with Crippen molar-refractivity contribution in [2.24, 2.45) is 12.8 Å². The van der Waals surface area contributed by atoms with Gasteiger partial charge in [-0.1, -0.05) is 6.92 Å². The minimum absolute atomic E-state index is 0.494. The highest BCUT2D eigenvalue weighted by molar-refractivity contribution is 9.10. The lowest BCUT2D eigenvalue weighted by atomic mass is 10.3. The van der Waals surface area contributed by atoms with Crippen molar-refractivity contribution in [1.82, 2.24) is 9.78 Å². The van der Waals surface area contributed by atoms with Crippen LogP contribution in [0, 0.1) is 0 Å². The molecule has 0 radical (unpaired) electrons. The Hall–Kier alpha value is -0.350. The molecule has 0 saturated carbocycles. The zero-order chi connectivity index (χ0) is 8.43. The van der Waals surface area contributed by atoms with E-state index in [0.29, 0.717) is 6.54 Å². The van der Waals surface area contributed by atoms with Crippen LogP contribution in [0.4, 0.5) is 0 Å². The summed E-state index contributed by atoms with van der Waals surface area (Å²) in [5.41, 5.74) is 7.62. The van der Waals surface area contributed by atoms with E-state index in [2.05, 4.69) is 28.0 Å². The van der Waals surface area contributed by atoms with Crippen LogP contribution in [-0.2, 0) is 20.0 Å². The van der Waals surface area contributed by atoms with Gasteiger partial charge in [0.1, 0.15) is 0 Å². The fraction of sp³-hybridized carbons (Fsp3) is 0.571. The highest BCUT2D eigenvalue weighted by Crippen LogP contribution is 2.20. The molecule has 62 valence electrons. The maximum absolute atomic E-state index is 5.48. The summed E-state index contributed by atoms with van der Waals surface area (Å²) in [4.78, 5) is 0. The zero-order valence-electron chi connectivity index (χ0n) is 6.76. The fourth-order valence-corrected chi connectivity index (χ4v) is 1.89. The molecule has 1 rings (SSSR count). The third-order valence-corrected chi connectivity index (χ3v) is 2.61. The van der Waals surface area contributed by atoms with E-state index in [0.717, 1.165) is 16.6 Å². The Morgan fingerprint density at radius 2 is 2.27 bits per heavy atom. The molecule has 11 heavy (non-hydrogen) atoms. The topological polar surface area (TPSA) is 43.8 Å². The molecule has 1 heterocycles. The van der Waals surface area contributed by atoms with E-state index in [-0.39, 0.29) is 0 Å². The van der Waals surface area contributed by atoms with Gasteiger partial charge in [-0.2, -0.15) is 5.10 Å². The van der Waals surface area contributed by atoms with Gasteiger partial charge in [-0.25, -0.2) is 0 Å². The van der Waals surface area contributed by atoms with Crippen molar-refractivity contribution in [1.29, 1.82) is 0 Å². The minimum atomic E-state index is 0.494. The number of aryl methyl sites for hydroxylation is 1. The van der Waals surface area contributed by atoms with Gasteiger partial charge in [0.05, 0.1) is 15.9 Å². The third kappa shape index (κ3) is 1.46. The Labute approximate surface area is 74.7 Å². The molecule has 0 aromatic carbocycles. The Bertz CT molecular complexity index is 254. The van der Waals surface area contributed by atoms with Crippen LogP contribution in [0.5, 0.6) is 0 Å². The van der Waals surface area contributed by atoms with Gasteiger partial charge in [-0.3, -0.25) is 4.68 Å². The molecule has 0 saturated heterocycles. The van der Waals surface area contributed by atoms with E-state index >= 15 is 0 Å². The molecule has 2 N–H and O–H groups in total. The van der Waals surface area contributed by atoms with E-state index in [9.17, 15) is 0 Å². The van der Waals surface area contributed by atoms with Gasteiger partial charge in [0.25, 0.3) is 0 Å². The van der Waals surface area contributed by atoms with Gasteiger partial charge in [-0.05, 0) is 22.4 Å². The van der Waals surface area contributed by atoms with E-state index < -0.39 is 0 Å². The van der Waals surface area contributed by atoms with Crippen LogP contribution in [0.15, 0.2) is 4.47 Å². The second-order valence-corrected chi connectivity index (χ2v) is 3.18. The summed E-state index contributed by atoms with van der Waals surface area (Å²) in [7, 11) is 1.93. The first kappa shape index (κ1) is 8.74. The summed E-state index contributed by atoms with van der Waals surface area (Å²) >= 11 is 3.46. The lowest BCUT2D eigenvalue weighted by molar-refractivity contribution is 0.702. The molecule has 0 fully saturated rings. The van der Waals surface area contributed by atoms with Crippen LogP contribution in [0.2, 0.25) is 0 Å². The second kappa shape index (κ2) is 3.36. The van der Waals surface area contributed by atoms with Crippen molar-refractivity contribution in [3.8, 4) is 0 Å². The third-order valence-electron chi connectivity index (χ3n) is 1.70. The van der Waals surface area contributed by atoms with Crippen molar-refractivity contribution in [2.45, 2.75) is 19.9 Å². The molecule has 0 unspecified atom stereocenters. The maximum atomic E-state index is 5.48. The summed E-state index contributed by atoms with van der Waals surface area (Å²) in [6.45, 7) is 2.59. The first-order chi connectivity index (χ1) is 5.20. The van der Waals surface area contributed by atoms with Crippen molar-refractivity contribution in [2.75, 3.05) is 0 Å². The second-order valence-electron chi connectivity index (χ2n) is 2.39. The fourth-order valence-electron chi connectivity index (χ4n) is 1.11. The summed E-state index contributed by atoms with van der Waals surface area (Å²) in [6, 6.07) is 0. The van der Waals surface area contributed by atoms with Crippen LogP contribution in [0.25, 0.3) is 0 Å². The molecular weight excluding hydrogens is 206 g/mol. The molecule has 1 aromatic rings. The van der Waals surface area contributed by atoms with Gasteiger partial charge < -0.3 is 5.73 Å². The van der Waals surface area contributed by atoms with Gasteiger partial charge >= 0.3 is 0 Å². The number of rotatable bonds is 2. The van der Waals surface area contributed by atoms with Crippen molar-refractivity contribution in [3.63, 3.8) is 0 Å². The first-order valence-electron chi connectivity index (χ1n) is 3.61. The largest absolute Gasteiger partial charge is 0.325 e. The highest BCUT2D eigenvalue weighted by atomic mass is 79.9. The molecule has 1 aromatic heterocycles. The quantitative estimate of drug-likeness (QED) is 0.810. The molecule has 0 amide bonds. The number of nitrogens with two attached hydrogens (primary N) is 1. The molecule has 0 spiro atoms. The maximum Gasteiger partial charge on any atom is 0.0905 e. The molecule has 0 aliphatic rings. The van der Waals surface area contributed by atoms with Crippen molar-refractivity contribution in [3.05, 3.63) is 15.9 Å². The first-order valence-corrected chi connectivity index (χ1v) is 4.40. The van der Waals surface area contributed by atoms with E-state index in [1.807, 2.05) is 11.7 Å². The standard InChI is InChI=1S/C7H12BrN3/c1-3-6-7(8)5(4-9)10-11(6)2/h3-4,9H2,1-2H3.